The summed E-state index contributed by atoms with van der Waals surface area (Å²) in [7, 11) is 0. The zero-order chi connectivity index (χ0) is 24.0. The van der Waals surface area contributed by atoms with Gasteiger partial charge in [-0.1, -0.05) is 84.4 Å². The normalized spacial score (nSPS) is 11.3. The van der Waals surface area contributed by atoms with Crippen molar-refractivity contribution >= 4 is 23.2 Å². The molecule has 3 nitrogen and oxygen atoms in total. The van der Waals surface area contributed by atoms with E-state index in [1.165, 1.54) is 0 Å². The fourth-order valence-corrected chi connectivity index (χ4v) is 4.32. The Labute approximate surface area is 206 Å². The molecule has 0 bridgehead atoms. The number of nitrogens with one attached hydrogen (secondary N) is 1. The van der Waals surface area contributed by atoms with Crippen LogP contribution < -0.4 is 10.1 Å². The molecule has 0 aromatic heterocycles. The number of carbonyl (C=O) groups excluding carboxylic acids is 1. The van der Waals surface area contributed by atoms with E-state index in [4.69, 9.17) is 16.3 Å². The first-order chi connectivity index (χ1) is 16.5. The number of ether oxygens (including phenoxy) is 1. The monoisotopic (exact) mass is 469 g/mol. The van der Waals surface area contributed by atoms with Crippen LogP contribution in [0.5, 0.6) is 5.75 Å². The SMILES string of the molecule is CC(C)Oc1ccc(NC(=O)C(Cc2ccc(Cl)cc2)(c2ccccc2)c2ccccc2)cc1. The van der Waals surface area contributed by atoms with Crippen LogP contribution in [0.3, 0.4) is 0 Å². The third-order valence-corrected chi connectivity index (χ3v) is 6.04. The van der Waals surface area contributed by atoms with Crippen molar-refractivity contribution in [1.82, 2.24) is 0 Å². The van der Waals surface area contributed by atoms with Gasteiger partial charge in [0.1, 0.15) is 11.2 Å². The van der Waals surface area contributed by atoms with Gasteiger partial charge in [-0.2, -0.15) is 0 Å². The Kier molecular flexibility index (Phi) is 7.34. The molecule has 0 fully saturated rings. The first-order valence-corrected chi connectivity index (χ1v) is 11.8. The summed E-state index contributed by atoms with van der Waals surface area (Å²) in [5.41, 5.74) is 2.65. The van der Waals surface area contributed by atoms with Crippen LogP contribution in [-0.4, -0.2) is 12.0 Å². The van der Waals surface area contributed by atoms with E-state index >= 15 is 0 Å². The Bertz CT molecular complexity index is 1160. The summed E-state index contributed by atoms with van der Waals surface area (Å²) in [6.45, 7) is 3.97. The zero-order valence-electron chi connectivity index (χ0n) is 19.4. The highest BCUT2D eigenvalue weighted by Gasteiger charge is 2.42. The quantitative estimate of drug-likeness (QED) is 0.294. The van der Waals surface area contributed by atoms with Gasteiger partial charge in [-0.25, -0.2) is 0 Å². The highest BCUT2D eigenvalue weighted by Crippen LogP contribution is 2.38. The van der Waals surface area contributed by atoms with Crippen molar-refractivity contribution in [2.75, 3.05) is 5.32 Å². The molecule has 34 heavy (non-hydrogen) atoms. The Morgan fingerprint density at radius 1 is 0.794 bits per heavy atom. The smallest absolute Gasteiger partial charge is 0.239 e. The van der Waals surface area contributed by atoms with E-state index in [1.807, 2.05) is 123 Å². The second-order valence-electron chi connectivity index (χ2n) is 8.59. The molecule has 4 heteroatoms. The maximum absolute atomic E-state index is 14.2. The van der Waals surface area contributed by atoms with Crippen molar-refractivity contribution in [3.8, 4) is 5.75 Å². The molecule has 4 aromatic carbocycles. The van der Waals surface area contributed by atoms with E-state index in [0.29, 0.717) is 17.1 Å². The Hall–Kier alpha value is -3.56. The lowest BCUT2D eigenvalue weighted by molar-refractivity contribution is -0.120. The molecule has 0 aliphatic heterocycles. The zero-order valence-corrected chi connectivity index (χ0v) is 20.1. The largest absolute Gasteiger partial charge is 0.491 e. The Balaban J connectivity index is 1.78. The highest BCUT2D eigenvalue weighted by atomic mass is 35.5. The molecule has 0 spiro atoms. The van der Waals surface area contributed by atoms with Crippen LogP contribution in [0.2, 0.25) is 5.02 Å². The van der Waals surface area contributed by atoms with E-state index in [2.05, 4.69) is 5.32 Å². The summed E-state index contributed by atoms with van der Waals surface area (Å²) in [5.74, 6) is 0.670. The first kappa shape index (κ1) is 23.6. The summed E-state index contributed by atoms with van der Waals surface area (Å²) in [4.78, 5) is 14.2. The molecule has 0 atom stereocenters. The van der Waals surface area contributed by atoms with Gasteiger partial charge in [0.2, 0.25) is 5.91 Å². The van der Waals surface area contributed by atoms with E-state index in [0.717, 1.165) is 22.4 Å². The van der Waals surface area contributed by atoms with Crippen LogP contribution in [-0.2, 0) is 16.6 Å². The second-order valence-corrected chi connectivity index (χ2v) is 9.02. The lowest BCUT2D eigenvalue weighted by Gasteiger charge is -2.34. The molecule has 1 N–H and O–H groups in total. The molecule has 4 rings (SSSR count). The molecular weight excluding hydrogens is 442 g/mol. The van der Waals surface area contributed by atoms with E-state index in [1.54, 1.807) is 0 Å². The number of carbonyl (C=O) groups is 1. The van der Waals surface area contributed by atoms with Crippen LogP contribution in [0.4, 0.5) is 5.69 Å². The fraction of sp³-hybridized carbons (Fsp3) is 0.167. The van der Waals surface area contributed by atoms with Gasteiger partial charge in [0.25, 0.3) is 0 Å². The van der Waals surface area contributed by atoms with Crippen molar-refractivity contribution in [2.24, 2.45) is 0 Å². The summed E-state index contributed by atoms with van der Waals surface area (Å²) in [5, 5.41) is 3.84. The van der Waals surface area contributed by atoms with Crippen LogP contribution >= 0.6 is 11.6 Å². The van der Waals surface area contributed by atoms with Gasteiger partial charge in [-0.05, 0) is 73.4 Å². The minimum atomic E-state index is -0.941. The number of halogens is 1. The lowest BCUT2D eigenvalue weighted by Crippen LogP contribution is -2.43. The number of hydrogen-bond acceptors (Lipinski definition) is 2. The van der Waals surface area contributed by atoms with Crippen molar-refractivity contribution < 1.29 is 9.53 Å². The molecule has 1 amide bonds. The maximum Gasteiger partial charge on any atom is 0.239 e. The van der Waals surface area contributed by atoms with Crippen molar-refractivity contribution in [2.45, 2.75) is 31.8 Å². The molecule has 172 valence electrons. The molecule has 0 aliphatic carbocycles. The van der Waals surface area contributed by atoms with Crippen molar-refractivity contribution in [3.05, 3.63) is 131 Å². The number of benzene rings is 4. The van der Waals surface area contributed by atoms with E-state index in [9.17, 15) is 4.79 Å². The first-order valence-electron chi connectivity index (χ1n) is 11.4. The predicted molar refractivity (Wildman–Crippen MR) is 140 cm³/mol. The summed E-state index contributed by atoms with van der Waals surface area (Å²) in [6.07, 6.45) is 0.571. The van der Waals surface area contributed by atoms with Crippen LogP contribution in [0.25, 0.3) is 0 Å². The van der Waals surface area contributed by atoms with Gasteiger partial charge in [0.15, 0.2) is 0 Å². The third kappa shape index (κ3) is 5.32. The molecule has 0 heterocycles. The van der Waals surface area contributed by atoms with Gasteiger partial charge < -0.3 is 10.1 Å². The molecule has 0 radical (unpaired) electrons. The summed E-state index contributed by atoms with van der Waals surface area (Å²) >= 11 is 6.14. The lowest BCUT2D eigenvalue weighted by atomic mass is 9.69. The highest BCUT2D eigenvalue weighted by molar-refractivity contribution is 6.30. The minimum Gasteiger partial charge on any atom is -0.491 e. The number of amides is 1. The molecule has 4 aromatic rings. The van der Waals surface area contributed by atoms with Crippen LogP contribution in [0.1, 0.15) is 30.5 Å². The predicted octanol–water partition coefficient (Wildman–Crippen LogP) is 7.29. The Morgan fingerprint density at radius 3 is 1.82 bits per heavy atom. The summed E-state index contributed by atoms with van der Waals surface area (Å²) in [6, 6.07) is 35.1. The van der Waals surface area contributed by atoms with Crippen LogP contribution in [0, 0.1) is 0 Å². The number of hydrogen-bond donors (Lipinski definition) is 1. The van der Waals surface area contributed by atoms with Crippen molar-refractivity contribution in [3.63, 3.8) is 0 Å². The maximum atomic E-state index is 14.2. The van der Waals surface area contributed by atoms with E-state index in [-0.39, 0.29) is 12.0 Å². The van der Waals surface area contributed by atoms with Crippen LogP contribution in [0.15, 0.2) is 109 Å². The average molecular weight is 470 g/mol. The van der Waals surface area contributed by atoms with Gasteiger partial charge in [0, 0.05) is 10.7 Å². The number of rotatable bonds is 8. The van der Waals surface area contributed by atoms with Gasteiger partial charge in [-0.3, -0.25) is 4.79 Å². The molecule has 0 saturated carbocycles. The third-order valence-electron chi connectivity index (χ3n) is 5.79. The van der Waals surface area contributed by atoms with E-state index < -0.39 is 5.41 Å². The fourth-order valence-electron chi connectivity index (χ4n) is 4.19. The molecule has 0 aliphatic rings. The van der Waals surface area contributed by atoms with Gasteiger partial charge in [0.05, 0.1) is 6.10 Å². The van der Waals surface area contributed by atoms with Crippen molar-refractivity contribution in [1.29, 1.82) is 0 Å². The topological polar surface area (TPSA) is 38.3 Å². The van der Waals surface area contributed by atoms with Gasteiger partial charge in [-0.15, -0.1) is 0 Å². The minimum absolute atomic E-state index is 0.0867. The van der Waals surface area contributed by atoms with Gasteiger partial charge >= 0.3 is 0 Å². The molecular formula is C30H28ClNO2. The summed E-state index contributed by atoms with van der Waals surface area (Å²) < 4.78 is 5.75. The second kappa shape index (κ2) is 10.6. The number of anilines is 1. The average Bonchev–Trinajstić information content (AvgIpc) is 2.85. The molecule has 0 unspecified atom stereocenters. The molecule has 0 saturated heterocycles. The Morgan fingerprint density at radius 2 is 1.32 bits per heavy atom. The standard InChI is InChI=1S/C30H28ClNO2/c1-22(2)34-28-19-17-27(18-20-28)32-29(33)30(24-9-5-3-6-10-24,25-11-7-4-8-12-25)21-23-13-15-26(31)16-14-23/h3-20,22H,21H2,1-2H3,(H,32,33).